The molecule has 2 aromatic heterocycles. The van der Waals surface area contributed by atoms with Gasteiger partial charge in [-0.3, -0.25) is 5.43 Å². The molecule has 4 rings (SSSR count). The minimum atomic E-state index is 0.349. The standard InChI is InChI=1S/C23H28N4OS/c1-5-23(2,3)16-8-11-19-18(12-16)20-21(24-14-25-22(20)29-19)27-26-13-15-6-9-17(28-4)10-7-15/h6-7,9-10,13-14,16H,5,8,11-12H2,1-4H3,(H,24,25,27)/b26-13+. The molecule has 0 spiro atoms. The molecule has 1 N–H and O–H groups in total. The van der Waals surface area contributed by atoms with Crippen LogP contribution in [0.1, 0.15) is 49.6 Å². The Bertz CT molecular complexity index is 1020. The van der Waals surface area contributed by atoms with E-state index in [-0.39, 0.29) is 0 Å². The third-order valence-electron chi connectivity index (χ3n) is 6.36. The number of rotatable bonds is 6. The van der Waals surface area contributed by atoms with Crippen molar-refractivity contribution in [2.45, 2.75) is 46.5 Å². The number of aryl methyl sites for hydroxylation is 1. The van der Waals surface area contributed by atoms with Crippen molar-refractivity contribution >= 4 is 33.6 Å². The average Bonchev–Trinajstić information content (AvgIpc) is 3.13. The van der Waals surface area contributed by atoms with Crippen molar-refractivity contribution in [2.24, 2.45) is 16.4 Å². The molecule has 0 aliphatic heterocycles. The first kappa shape index (κ1) is 19.8. The summed E-state index contributed by atoms with van der Waals surface area (Å²) >= 11 is 1.81. The lowest BCUT2D eigenvalue weighted by Gasteiger charge is -2.36. The Hall–Kier alpha value is -2.47. The summed E-state index contributed by atoms with van der Waals surface area (Å²) in [4.78, 5) is 11.6. The van der Waals surface area contributed by atoms with Crippen molar-refractivity contribution < 1.29 is 4.74 Å². The maximum absolute atomic E-state index is 5.20. The van der Waals surface area contributed by atoms with Crippen LogP contribution in [0.3, 0.4) is 0 Å². The van der Waals surface area contributed by atoms with E-state index in [1.54, 1.807) is 19.7 Å². The van der Waals surface area contributed by atoms with Gasteiger partial charge in [-0.15, -0.1) is 11.3 Å². The molecule has 0 amide bonds. The van der Waals surface area contributed by atoms with Gasteiger partial charge < -0.3 is 4.74 Å². The smallest absolute Gasteiger partial charge is 0.158 e. The Kier molecular flexibility index (Phi) is 5.54. The number of nitrogens with one attached hydrogen (secondary N) is 1. The van der Waals surface area contributed by atoms with Crippen molar-refractivity contribution in [3.05, 3.63) is 46.6 Å². The van der Waals surface area contributed by atoms with Gasteiger partial charge in [-0.1, -0.05) is 27.2 Å². The Labute approximate surface area is 176 Å². The summed E-state index contributed by atoms with van der Waals surface area (Å²) < 4.78 is 5.20. The molecule has 152 valence electrons. The molecule has 5 nitrogen and oxygen atoms in total. The highest BCUT2D eigenvalue weighted by atomic mass is 32.1. The quantitative estimate of drug-likeness (QED) is 0.421. The summed E-state index contributed by atoms with van der Waals surface area (Å²) in [6.07, 6.45) is 8.12. The molecule has 3 aromatic rings. The molecule has 0 saturated carbocycles. The van der Waals surface area contributed by atoms with Gasteiger partial charge in [-0.05, 0) is 66.0 Å². The van der Waals surface area contributed by atoms with Crippen LogP contribution >= 0.6 is 11.3 Å². The Morgan fingerprint density at radius 2 is 2.07 bits per heavy atom. The van der Waals surface area contributed by atoms with Crippen LogP contribution in [0.4, 0.5) is 5.82 Å². The number of hydrogen-bond acceptors (Lipinski definition) is 6. The van der Waals surface area contributed by atoms with Crippen LogP contribution in [-0.2, 0) is 12.8 Å². The Morgan fingerprint density at radius 3 is 2.79 bits per heavy atom. The minimum Gasteiger partial charge on any atom is -0.497 e. The van der Waals surface area contributed by atoms with E-state index in [2.05, 4.69) is 41.3 Å². The van der Waals surface area contributed by atoms with E-state index in [1.807, 2.05) is 35.6 Å². The van der Waals surface area contributed by atoms with Gasteiger partial charge in [0.25, 0.3) is 0 Å². The number of nitrogens with zero attached hydrogens (tertiary/aromatic N) is 3. The van der Waals surface area contributed by atoms with E-state index in [0.717, 1.165) is 40.2 Å². The maximum Gasteiger partial charge on any atom is 0.158 e. The monoisotopic (exact) mass is 408 g/mol. The number of fused-ring (bicyclic) bond motifs is 3. The summed E-state index contributed by atoms with van der Waals surface area (Å²) in [6.45, 7) is 7.09. The van der Waals surface area contributed by atoms with Gasteiger partial charge in [0.15, 0.2) is 5.82 Å². The number of anilines is 1. The molecular formula is C23H28N4OS. The fourth-order valence-corrected chi connectivity index (χ4v) is 5.19. The number of thiophene rings is 1. The van der Waals surface area contributed by atoms with Gasteiger partial charge in [0.2, 0.25) is 0 Å². The molecule has 1 unspecified atom stereocenters. The number of aromatic nitrogens is 2. The molecule has 29 heavy (non-hydrogen) atoms. The van der Waals surface area contributed by atoms with Crippen LogP contribution in [0.5, 0.6) is 5.75 Å². The molecule has 1 aliphatic carbocycles. The summed E-state index contributed by atoms with van der Waals surface area (Å²) in [7, 11) is 1.67. The molecule has 0 saturated heterocycles. The predicted molar refractivity (Wildman–Crippen MR) is 121 cm³/mol. The molecule has 0 fully saturated rings. The topological polar surface area (TPSA) is 59.4 Å². The van der Waals surface area contributed by atoms with Crippen LogP contribution in [0.15, 0.2) is 35.7 Å². The second-order valence-corrected chi connectivity index (χ2v) is 9.41. The number of ether oxygens (including phenoxy) is 1. The average molecular weight is 409 g/mol. The third kappa shape index (κ3) is 3.99. The van der Waals surface area contributed by atoms with Crippen molar-refractivity contribution in [1.29, 1.82) is 0 Å². The zero-order valence-electron chi connectivity index (χ0n) is 17.5. The summed E-state index contributed by atoms with van der Waals surface area (Å²) in [5, 5.41) is 5.58. The highest BCUT2D eigenvalue weighted by molar-refractivity contribution is 7.19. The minimum absolute atomic E-state index is 0.349. The van der Waals surface area contributed by atoms with Gasteiger partial charge in [-0.25, -0.2) is 9.97 Å². The largest absolute Gasteiger partial charge is 0.497 e. The van der Waals surface area contributed by atoms with Crippen molar-refractivity contribution in [3.8, 4) is 5.75 Å². The lowest BCUT2D eigenvalue weighted by Crippen LogP contribution is -2.28. The lowest BCUT2D eigenvalue weighted by molar-refractivity contribution is 0.184. The van der Waals surface area contributed by atoms with Gasteiger partial charge in [0, 0.05) is 4.88 Å². The molecule has 1 aromatic carbocycles. The van der Waals surface area contributed by atoms with E-state index in [4.69, 9.17) is 4.74 Å². The van der Waals surface area contributed by atoms with E-state index >= 15 is 0 Å². The second kappa shape index (κ2) is 8.11. The van der Waals surface area contributed by atoms with E-state index in [0.29, 0.717) is 11.3 Å². The molecule has 1 aliphatic rings. The van der Waals surface area contributed by atoms with Crippen LogP contribution in [0.2, 0.25) is 0 Å². The zero-order valence-corrected chi connectivity index (χ0v) is 18.3. The Balaban J connectivity index is 1.60. The van der Waals surface area contributed by atoms with E-state index in [9.17, 15) is 0 Å². The fourth-order valence-electron chi connectivity index (χ4n) is 4.01. The maximum atomic E-state index is 5.20. The summed E-state index contributed by atoms with van der Waals surface area (Å²) in [6, 6.07) is 7.80. The van der Waals surface area contributed by atoms with Gasteiger partial charge in [0.05, 0.1) is 18.7 Å². The first-order valence-corrected chi connectivity index (χ1v) is 11.0. The van der Waals surface area contributed by atoms with Gasteiger partial charge in [0.1, 0.15) is 16.9 Å². The molecule has 2 heterocycles. The number of methoxy groups -OCH3 is 1. The van der Waals surface area contributed by atoms with Crippen LogP contribution in [0.25, 0.3) is 10.2 Å². The predicted octanol–water partition coefficient (Wildman–Crippen LogP) is 5.69. The number of hydrazone groups is 1. The summed E-state index contributed by atoms with van der Waals surface area (Å²) in [5.41, 5.74) is 5.93. The molecule has 1 atom stereocenters. The SMILES string of the molecule is CCC(C)(C)C1CCc2sc3ncnc(N/N=C/c4ccc(OC)cc4)c3c2C1. The number of hydrogen-bond donors (Lipinski definition) is 1. The van der Waals surface area contributed by atoms with Crippen LogP contribution < -0.4 is 10.2 Å². The van der Waals surface area contributed by atoms with E-state index in [1.165, 1.54) is 23.3 Å². The molecule has 6 heteroatoms. The van der Waals surface area contributed by atoms with Crippen molar-refractivity contribution in [2.75, 3.05) is 12.5 Å². The van der Waals surface area contributed by atoms with Crippen molar-refractivity contribution in [1.82, 2.24) is 9.97 Å². The lowest BCUT2D eigenvalue weighted by atomic mass is 9.69. The molecule has 0 radical (unpaired) electrons. The van der Waals surface area contributed by atoms with Crippen LogP contribution in [0, 0.1) is 11.3 Å². The number of benzene rings is 1. The molecule has 0 bridgehead atoms. The first-order chi connectivity index (χ1) is 14.0. The second-order valence-electron chi connectivity index (χ2n) is 8.33. The van der Waals surface area contributed by atoms with Gasteiger partial charge >= 0.3 is 0 Å². The Morgan fingerprint density at radius 1 is 1.28 bits per heavy atom. The zero-order chi connectivity index (χ0) is 20.4. The van der Waals surface area contributed by atoms with Crippen LogP contribution in [-0.4, -0.2) is 23.3 Å². The normalized spacial score (nSPS) is 16.9. The van der Waals surface area contributed by atoms with E-state index < -0.39 is 0 Å². The highest BCUT2D eigenvalue weighted by Gasteiger charge is 2.33. The fraction of sp³-hybridized carbons (Fsp3) is 0.435. The summed E-state index contributed by atoms with van der Waals surface area (Å²) in [5.74, 6) is 2.32. The third-order valence-corrected chi connectivity index (χ3v) is 7.56. The van der Waals surface area contributed by atoms with Gasteiger partial charge in [-0.2, -0.15) is 5.10 Å². The van der Waals surface area contributed by atoms with Crippen molar-refractivity contribution in [3.63, 3.8) is 0 Å². The highest BCUT2D eigenvalue weighted by Crippen LogP contribution is 2.45. The first-order valence-electron chi connectivity index (χ1n) is 10.2. The molecular weight excluding hydrogens is 380 g/mol.